The van der Waals surface area contributed by atoms with E-state index < -0.39 is 21.8 Å². The number of nitrogens with zero attached hydrogens (tertiary/aromatic N) is 3. The van der Waals surface area contributed by atoms with E-state index in [2.05, 4.69) is 94.6 Å². The number of hydrogen-bond donors (Lipinski definition) is 0. The first-order chi connectivity index (χ1) is 27.7. The van der Waals surface area contributed by atoms with Crippen LogP contribution in [0.4, 0.5) is 0 Å². The first-order valence-electron chi connectivity index (χ1n) is 21.3. The van der Waals surface area contributed by atoms with Crippen molar-refractivity contribution in [1.82, 2.24) is 14.0 Å². The van der Waals surface area contributed by atoms with Crippen molar-refractivity contribution in [1.29, 1.82) is 0 Å². The van der Waals surface area contributed by atoms with Gasteiger partial charge in [-0.05, 0) is 122 Å². The number of aryl methyl sites for hydroxylation is 2. The fourth-order valence-corrected chi connectivity index (χ4v) is 13.4. The van der Waals surface area contributed by atoms with Crippen LogP contribution in [-0.2, 0) is 10.5 Å². The summed E-state index contributed by atoms with van der Waals surface area (Å²) in [5.74, 6) is 0.679. The summed E-state index contributed by atoms with van der Waals surface area (Å²) in [6, 6.07) is 40.3. The highest BCUT2D eigenvalue weighted by molar-refractivity contribution is 7.99. The standard InChI is InChI=1S/C48H47N3SSi/c1-30-22-24-32(44-37(47(3,4)5)26-27-43-45(44)52-42-21-15-10-16-36(42)48(6,7)53(43,8)9)28-34(30)35-29-33(25-23-31(35)2)50-40-19-13-14-20-41(40)51-39-18-12-11-17-38(39)49-46(50)51/h10-29H,1-9H3/i1D3,2D3. The van der Waals surface area contributed by atoms with Crippen LogP contribution < -0.4 is 5.19 Å². The number of rotatable bonds is 3. The average molecular weight is 732 g/mol. The molecule has 8 aromatic rings. The molecule has 0 N–H and O–H groups in total. The lowest BCUT2D eigenvalue weighted by Crippen LogP contribution is -2.57. The second-order valence-corrected chi connectivity index (χ2v) is 22.6. The molecule has 0 fully saturated rings. The summed E-state index contributed by atoms with van der Waals surface area (Å²) in [6.45, 7) is 11.3. The Morgan fingerprint density at radius 2 is 1.38 bits per heavy atom. The van der Waals surface area contributed by atoms with E-state index in [0.29, 0.717) is 22.6 Å². The SMILES string of the molecule is [2H]C([2H])([2H])c1ccc(-c2c(C(C)(C)C)ccc3c2Sc2ccccc2C(C)(C)[Si]3(C)C)cc1-c1cc(-n2c3ccccc3n3c4ccccc4nc23)ccc1C([2H])([2H])[2H]. The zero-order valence-electron chi connectivity index (χ0n) is 37.3. The Morgan fingerprint density at radius 1 is 0.717 bits per heavy atom. The predicted molar refractivity (Wildman–Crippen MR) is 229 cm³/mol. The Morgan fingerprint density at radius 3 is 2.13 bits per heavy atom. The van der Waals surface area contributed by atoms with E-state index in [-0.39, 0.29) is 21.6 Å². The van der Waals surface area contributed by atoms with Gasteiger partial charge in [-0.15, -0.1) is 0 Å². The van der Waals surface area contributed by atoms with Gasteiger partial charge in [-0.25, -0.2) is 4.98 Å². The maximum atomic E-state index is 8.81. The monoisotopic (exact) mass is 731 g/mol. The van der Waals surface area contributed by atoms with Crippen molar-refractivity contribution in [3.63, 3.8) is 0 Å². The van der Waals surface area contributed by atoms with Crippen molar-refractivity contribution in [2.45, 2.75) is 81.7 Å². The number of aromatic nitrogens is 3. The highest BCUT2D eigenvalue weighted by Crippen LogP contribution is 2.50. The molecule has 0 amide bonds. The maximum absolute atomic E-state index is 8.81. The average Bonchev–Trinajstić information content (AvgIpc) is 3.69. The van der Waals surface area contributed by atoms with E-state index in [9.17, 15) is 0 Å². The molecule has 1 aliphatic rings. The van der Waals surface area contributed by atoms with Crippen LogP contribution in [0.25, 0.3) is 55.8 Å². The van der Waals surface area contributed by atoms with Crippen LogP contribution in [0.1, 0.15) is 65.1 Å². The fraction of sp³-hybridized carbons (Fsp3) is 0.229. The highest BCUT2D eigenvalue weighted by atomic mass is 32.2. The fourth-order valence-electron chi connectivity index (χ4n) is 8.37. The summed E-state index contributed by atoms with van der Waals surface area (Å²) < 4.78 is 56.9. The molecular formula is C48H47N3SSi. The molecule has 0 radical (unpaired) electrons. The molecule has 5 heteroatoms. The molecule has 1 aliphatic heterocycles. The van der Waals surface area contributed by atoms with Crippen molar-refractivity contribution in [2.24, 2.45) is 0 Å². The summed E-state index contributed by atoms with van der Waals surface area (Å²) in [5.41, 5.74) is 9.42. The molecule has 0 saturated carbocycles. The molecule has 0 spiro atoms. The minimum absolute atomic E-state index is 0.0809. The van der Waals surface area contributed by atoms with Gasteiger partial charge in [0, 0.05) is 23.7 Å². The lowest BCUT2D eigenvalue weighted by atomic mass is 9.81. The van der Waals surface area contributed by atoms with E-state index in [0.717, 1.165) is 38.8 Å². The second-order valence-electron chi connectivity index (χ2n) is 16.5. The molecule has 9 rings (SSSR count). The van der Waals surface area contributed by atoms with Gasteiger partial charge in [-0.1, -0.05) is 132 Å². The molecule has 0 bridgehead atoms. The molecule has 6 aromatic carbocycles. The van der Waals surface area contributed by atoms with Gasteiger partial charge < -0.3 is 0 Å². The van der Waals surface area contributed by atoms with Crippen molar-refractivity contribution in [3.8, 4) is 27.9 Å². The molecule has 3 nitrogen and oxygen atoms in total. The number of para-hydroxylation sites is 4. The van der Waals surface area contributed by atoms with Gasteiger partial charge in [-0.3, -0.25) is 8.97 Å². The van der Waals surface area contributed by atoms with Crippen LogP contribution >= 0.6 is 11.8 Å². The van der Waals surface area contributed by atoms with Gasteiger partial charge in [0.05, 0.1) is 30.1 Å². The molecule has 0 atom stereocenters. The third-order valence-electron chi connectivity index (χ3n) is 11.9. The molecular weight excluding hydrogens is 679 g/mol. The highest BCUT2D eigenvalue weighted by Gasteiger charge is 2.47. The van der Waals surface area contributed by atoms with Gasteiger partial charge >= 0.3 is 0 Å². The number of fused-ring (bicyclic) bond motifs is 7. The molecule has 2 aromatic heterocycles. The van der Waals surface area contributed by atoms with E-state index in [4.69, 9.17) is 13.2 Å². The normalized spacial score (nSPS) is 17.3. The Hall–Kier alpha value is -4.84. The quantitative estimate of drug-likeness (QED) is 0.169. The summed E-state index contributed by atoms with van der Waals surface area (Å²) >= 11 is 1.80. The number of hydrogen-bond acceptors (Lipinski definition) is 2. The maximum Gasteiger partial charge on any atom is 0.220 e. The number of imidazole rings is 2. The summed E-state index contributed by atoms with van der Waals surface area (Å²) in [7, 11) is -2.23. The van der Waals surface area contributed by atoms with Crippen LogP contribution in [0.5, 0.6) is 0 Å². The Kier molecular flexibility index (Phi) is 6.19. The van der Waals surface area contributed by atoms with Crippen LogP contribution in [0.3, 0.4) is 0 Å². The minimum Gasteiger partial charge on any atom is -0.278 e. The Bertz CT molecular complexity index is 3000. The Labute approximate surface area is 327 Å². The topological polar surface area (TPSA) is 22.2 Å². The molecule has 3 heterocycles. The first kappa shape index (κ1) is 27.7. The van der Waals surface area contributed by atoms with Gasteiger partial charge in [0.15, 0.2) is 0 Å². The summed E-state index contributed by atoms with van der Waals surface area (Å²) in [6.07, 6.45) is 0. The minimum atomic E-state index is -2.53. The third-order valence-corrected chi connectivity index (χ3v) is 18.5. The van der Waals surface area contributed by atoms with Crippen molar-refractivity contribution in [3.05, 3.63) is 144 Å². The van der Waals surface area contributed by atoms with Gasteiger partial charge in [0.1, 0.15) is 0 Å². The molecule has 0 aliphatic carbocycles. The van der Waals surface area contributed by atoms with Gasteiger partial charge in [0.25, 0.3) is 0 Å². The smallest absolute Gasteiger partial charge is 0.220 e. The molecule has 0 saturated heterocycles. The second kappa shape index (κ2) is 11.8. The Balaban J connectivity index is 1.36. The van der Waals surface area contributed by atoms with Gasteiger partial charge in [0.2, 0.25) is 5.78 Å². The van der Waals surface area contributed by atoms with Crippen LogP contribution in [0.2, 0.25) is 13.1 Å². The van der Waals surface area contributed by atoms with E-state index in [1.54, 1.807) is 23.9 Å². The van der Waals surface area contributed by atoms with E-state index in [1.165, 1.54) is 20.5 Å². The van der Waals surface area contributed by atoms with Crippen molar-refractivity contribution in [2.75, 3.05) is 0 Å². The van der Waals surface area contributed by atoms with Gasteiger partial charge in [-0.2, -0.15) is 0 Å². The summed E-state index contributed by atoms with van der Waals surface area (Å²) in [5, 5.41) is 1.27. The predicted octanol–water partition coefficient (Wildman–Crippen LogP) is 12.6. The molecule has 0 unspecified atom stereocenters. The zero-order chi connectivity index (χ0) is 42.0. The number of benzene rings is 6. The lowest BCUT2D eigenvalue weighted by molar-refractivity contribution is 0.591. The molecule has 53 heavy (non-hydrogen) atoms. The van der Waals surface area contributed by atoms with E-state index in [1.807, 2.05) is 71.3 Å². The van der Waals surface area contributed by atoms with Crippen LogP contribution in [0.15, 0.2) is 131 Å². The summed E-state index contributed by atoms with van der Waals surface area (Å²) in [4.78, 5) is 7.47. The molecule has 264 valence electrons. The van der Waals surface area contributed by atoms with Crippen LogP contribution in [0, 0.1) is 13.7 Å². The largest absolute Gasteiger partial charge is 0.278 e. The third kappa shape index (κ3) is 5.04. The van der Waals surface area contributed by atoms with Crippen molar-refractivity contribution >= 4 is 52.9 Å². The van der Waals surface area contributed by atoms with Crippen LogP contribution in [-0.4, -0.2) is 22.0 Å². The first-order valence-corrected chi connectivity index (χ1v) is 22.1. The van der Waals surface area contributed by atoms with Crippen molar-refractivity contribution < 1.29 is 8.22 Å². The lowest BCUT2D eigenvalue weighted by Gasteiger charge is -2.41. The zero-order valence-corrected chi connectivity index (χ0v) is 33.1. The van der Waals surface area contributed by atoms with E-state index >= 15 is 0 Å².